The third kappa shape index (κ3) is 8.18. The van der Waals surface area contributed by atoms with Crippen LogP contribution >= 0.6 is 0 Å². The molecule has 1 heterocycles. The summed E-state index contributed by atoms with van der Waals surface area (Å²) in [5.74, 6) is 1.69. The minimum Gasteiger partial charge on any atom is -0.492 e. The number of hydrogen-bond acceptors (Lipinski definition) is 4. The Morgan fingerprint density at radius 1 is 1.22 bits per heavy atom. The van der Waals surface area contributed by atoms with Crippen LogP contribution in [0.3, 0.4) is 0 Å². The fraction of sp³-hybridized carbons (Fsp3) is 0.667. The Hall–Kier alpha value is -1.79. The van der Waals surface area contributed by atoms with Gasteiger partial charge in [0, 0.05) is 26.8 Å². The molecule has 1 aliphatic heterocycles. The molecule has 1 aromatic carbocycles. The Balaban J connectivity index is 1.58. The van der Waals surface area contributed by atoms with Crippen molar-refractivity contribution in [2.75, 3.05) is 46.6 Å². The molecular weight excluding hydrogens is 342 g/mol. The van der Waals surface area contributed by atoms with Crippen molar-refractivity contribution in [2.45, 2.75) is 45.1 Å². The third-order valence-electron chi connectivity index (χ3n) is 4.44. The van der Waals surface area contributed by atoms with Crippen LogP contribution in [-0.4, -0.2) is 58.6 Å². The summed E-state index contributed by atoms with van der Waals surface area (Å²) in [6.07, 6.45) is 2.22. The summed E-state index contributed by atoms with van der Waals surface area (Å²) in [5.41, 5.74) is 1.40. The molecule has 6 heteroatoms. The van der Waals surface area contributed by atoms with Crippen molar-refractivity contribution in [3.05, 3.63) is 29.8 Å². The summed E-state index contributed by atoms with van der Waals surface area (Å²) < 4.78 is 16.9. The van der Waals surface area contributed by atoms with E-state index in [1.165, 1.54) is 5.56 Å². The Kier molecular flexibility index (Phi) is 8.88. The number of nitrogens with zero attached hydrogens (tertiary/aromatic N) is 1. The van der Waals surface area contributed by atoms with E-state index in [0.29, 0.717) is 13.2 Å². The van der Waals surface area contributed by atoms with E-state index in [-0.39, 0.29) is 11.5 Å². The number of rotatable bonds is 9. The molecule has 27 heavy (non-hydrogen) atoms. The molecule has 1 aliphatic rings. The zero-order chi connectivity index (χ0) is 19.5. The molecule has 0 amide bonds. The van der Waals surface area contributed by atoms with Gasteiger partial charge in [0.25, 0.3) is 0 Å². The van der Waals surface area contributed by atoms with Crippen molar-refractivity contribution in [1.82, 2.24) is 10.6 Å². The fourth-order valence-corrected chi connectivity index (χ4v) is 2.78. The number of ether oxygens (including phenoxy) is 3. The van der Waals surface area contributed by atoms with E-state index in [4.69, 9.17) is 14.2 Å². The van der Waals surface area contributed by atoms with Crippen LogP contribution in [0.25, 0.3) is 0 Å². The van der Waals surface area contributed by atoms with Gasteiger partial charge in [-0.1, -0.05) is 32.9 Å². The van der Waals surface area contributed by atoms with Crippen molar-refractivity contribution in [1.29, 1.82) is 0 Å². The van der Waals surface area contributed by atoms with Gasteiger partial charge in [-0.2, -0.15) is 0 Å². The first kappa shape index (κ1) is 21.5. The molecule has 6 nitrogen and oxygen atoms in total. The lowest BCUT2D eigenvalue weighted by Gasteiger charge is -2.20. The SMILES string of the molecule is CN=C(NCCCOC1CCOC1)NCCOc1cccc(C(C)(C)C)c1. The third-order valence-corrected chi connectivity index (χ3v) is 4.44. The van der Waals surface area contributed by atoms with Crippen LogP contribution in [0.15, 0.2) is 29.3 Å². The number of benzene rings is 1. The first-order chi connectivity index (χ1) is 13.0. The Labute approximate surface area is 163 Å². The van der Waals surface area contributed by atoms with Crippen molar-refractivity contribution >= 4 is 5.96 Å². The fourth-order valence-electron chi connectivity index (χ4n) is 2.78. The van der Waals surface area contributed by atoms with Crippen molar-refractivity contribution in [2.24, 2.45) is 4.99 Å². The Morgan fingerprint density at radius 2 is 2.04 bits per heavy atom. The molecule has 0 spiro atoms. The molecule has 0 bridgehead atoms. The van der Waals surface area contributed by atoms with E-state index in [9.17, 15) is 0 Å². The zero-order valence-corrected chi connectivity index (χ0v) is 17.2. The van der Waals surface area contributed by atoms with Crippen LogP contribution in [-0.2, 0) is 14.9 Å². The van der Waals surface area contributed by atoms with Gasteiger partial charge in [-0.15, -0.1) is 0 Å². The lowest BCUT2D eigenvalue weighted by atomic mass is 9.87. The van der Waals surface area contributed by atoms with Gasteiger partial charge in [-0.3, -0.25) is 4.99 Å². The summed E-state index contributed by atoms with van der Waals surface area (Å²) in [7, 11) is 1.77. The maximum atomic E-state index is 5.86. The maximum absolute atomic E-state index is 5.86. The molecule has 1 aromatic rings. The second-order valence-corrected chi connectivity index (χ2v) is 7.76. The van der Waals surface area contributed by atoms with Crippen LogP contribution < -0.4 is 15.4 Å². The van der Waals surface area contributed by atoms with E-state index < -0.39 is 0 Å². The summed E-state index contributed by atoms with van der Waals surface area (Å²) in [6.45, 7) is 11.0. The molecule has 1 unspecified atom stereocenters. The maximum Gasteiger partial charge on any atom is 0.191 e. The van der Waals surface area contributed by atoms with E-state index in [2.05, 4.69) is 48.5 Å². The van der Waals surface area contributed by atoms with Gasteiger partial charge in [-0.05, 0) is 36.0 Å². The number of guanidine groups is 1. The summed E-state index contributed by atoms with van der Waals surface area (Å²) in [6, 6.07) is 8.30. The average Bonchev–Trinajstić information content (AvgIpc) is 3.16. The molecule has 2 N–H and O–H groups in total. The van der Waals surface area contributed by atoms with Gasteiger partial charge >= 0.3 is 0 Å². The van der Waals surface area contributed by atoms with Crippen LogP contribution in [0, 0.1) is 0 Å². The predicted molar refractivity (Wildman–Crippen MR) is 110 cm³/mol. The van der Waals surface area contributed by atoms with Crippen LogP contribution in [0.2, 0.25) is 0 Å². The van der Waals surface area contributed by atoms with Crippen molar-refractivity contribution < 1.29 is 14.2 Å². The van der Waals surface area contributed by atoms with Gasteiger partial charge in [0.15, 0.2) is 5.96 Å². The normalized spacial score (nSPS) is 17.8. The molecule has 1 fully saturated rings. The smallest absolute Gasteiger partial charge is 0.191 e. The second-order valence-electron chi connectivity index (χ2n) is 7.76. The van der Waals surface area contributed by atoms with E-state index >= 15 is 0 Å². The molecule has 0 aliphatic carbocycles. The van der Waals surface area contributed by atoms with E-state index in [1.54, 1.807) is 7.05 Å². The van der Waals surface area contributed by atoms with Gasteiger partial charge in [-0.25, -0.2) is 0 Å². The predicted octanol–water partition coefficient (Wildman–Crippen LogP) is 2.72. The van der Waals surface area contributed by atoms with Gasteiger partial charge in [0.1, 0.15) is 12.4 Å². The van der Waals surface area contributed by atoms with Crippen LogP contribution in [0.1, 0.15) is 39.2 Å². The lowest BCUT2D eigenvalue weighted by Crippen LogP contribution is -2.40. The highest BCUT2D eigenvalue weighted by Gasteiger charge is 2.15. The second kappa shape index (κ2) is 11.1. The Morgan fingerprint density at radius 3 is 2.74 bits per heavy atom. The largest absolute Gasteiger partial charge is 0.492 e. The molecule has 2 rings (SSSR count). The van der Waals surface area contributed by atoms with Gasteiger partial charge < -0.3 is 24.8 Å². The summed E-state index contributed by atoms with van der Waals surface area (Å²) >= 11 is 0. The zero-order valence-electron chi connectivity index (χ0n) is 17.2. The topological polar surface area (TPSA) is 64.1 Å². The lowest BCUT2D eigenvalue weighted by molar-refractivity contribution is 0.0420. The van der Waals surface area contributed by atoms with Crippen LogP contribution in [0.5, 0.6) is 5.75 Å². The molecule has 0 radical (unpaired) electrons. The quantitative estimate of drug-likeness (QED) is 0.394. The highest BCUT2D eigenvalue weighted by Crippen LogP contribution is 2.25. The first-order valence-corrected chi connectivity index (χ1v) is 9.86. The molecule has 152 valence electrons. The molecule has 0 saturated carbocycles. The Bertz CT molecular complexity index is 578. The first-order valence-electron chi connectivity index (χ1n) is 9.86. The minimum absolute atomic E-state index is 0.123. The summed E-state index contributed by atoms with van der Waals surface area (Å²) in [4.78, 5) is 4.23. The molecular formula is C21H35N3O3. The highest BCUT2D eigenvalue weighted by atomic mass is 16.5. The van der Waals surface area contributed by atoms with Crippen molar-refractivity contribution in [3.8, 4) is 5.75 Å². The summed E-state index contributed by atoms with van der Waals surface area (Å²) in [5, 5.41) is 6.56. The van der Waals surface area contributed by atoms with E-state index in [0.717, 1.165) is 50.9 Å². The monoisotopic (exact) mass is 377 g/mol. The number of nitrogens with one attached hydrogen (secondary N) is 2. The number of aliphatic imine (C=N–C) groups is 1. The van der Waals surface area contributed by atoms with Gasteiger partial charge in [0.05, 0.1) is 19.3 Å². The highest BCUT2D eigenvalue weighted by molar-refractivity contribution is 5.79. The molecule has 1 saturated heterocycles. The average molecular weight is 378 g/mol. The number of hydrogen-bond donors (Lipinski definition) is 2. The van der Waals surface area contributed by atoms with Gasteiger partial charge in [0.2, 0.25) is 0 Å². The molecule has 0 aromatic heterocycles. The minimum atomic E-state index is 0.123. The molecule has 1 atom stereocenters. The standard InChI is InChI=1S/C21H35N3O3/c1-21(2,3)17-7-5-8-18(15-17)27-14-11-24-20(22-4)23-10-6-12-26-19-9-13-25-16-19/h5,7-8,15,19H,6,9-14,16H2,1-4H3,(H2,22,23,24). The van der Waals surface area contributed by atoms with Crippen LogP contribution in [0.4, 0.5) is 0 Å². The van der Waals surface area contributed by atoms with E-state index in [1.807, 2.05) is 12.1 Å². The van der Waals surface area contributed by atoms with Crippen molar-refractivity contribution in [3.63, 3.8) is 0 Å².